The van der Waals surface area contributed by atoms with E-state index in [1.807, 2.05) is 0 Å². The summed E-state index contributed by atoms with van der Waals surface area (Å²) in [6.07, 6.45) is 2.40. The van der Waals surface area contributed by atoms with Crippen LogP contribution < -0.4 is 5.32 Å². The van der Waals surface area contributed by atoms with Crippen molar-refractivity contribution in [3.05, 3.63) is 34.9 Å². The van der Waals surface area contributed by atoms with Crippen LogP contribution in [0, 0.1) is 0 Å². The van der Waals surface area contributed by atoms with Gasteiger partial charge in [-0.05, 0) is 56.7 Å². The Hall–Kier alpha value is -0.900. The summed E-state index contributed by atoms with van der Waals surface area (Å²) in [6.45, 7) is 8.96. The highest BCUT2D eigenvalue weighted by Crippen LogP contribution is 2.17. The molecule has 3 nitrogen and oxygen atoms in total. The first-order valence-electron chi connectivity index (χ1n) is 7.87. The van der Waals surface area contributed by atoms with Crippen molar-refractivity contribution in [2.45, 2.75) is 32.9 Å². The van der Waals surface area contributed by atoms with Crippen LogP contribution in [0.5, 0.6) is 0 Å². The lowest BCUT2D eigenvalue weighted by Crippen LogP contribution is -2.32. The van der Waals surface area contributed by atoms with Gasteiger partial charge in [0, 0.05) is 26.2 Å². The topological polar surface area (TPSA) is 18.5 Å². The van der Waals surface area contributed by atoms with Gasteiger partial charge in [-0.15, -0.1) is 0 Å². The number of fused-ring (bicyclic) bond motifs is 1. The smallest absolute Gasteiger partial charge is 0.0234 e. The van der Waals surface area contributed by atoms with Crippen molar-refractivity contribution in [1.29, 1.82) is 0 Å². The molecule has 1 aliphatic heterocycles. The van der Waals surface area contributed by atoms with E-state index in [4.69, 9.17) is 0 Å². The average Bonchev–Trinajstić information content (AvgIpc) is 2.45. The van der Waals surface area contributed by atoms with Crippen molar-refractivity contribution in [3.63, 3.8) is 0 Å². The molecule has 0 saturated heterocycles. The van der Waals surface area contributed by atoms with Crippen molar-refractivity contribution < 1.29 is 0 Å². The van der Waals surface area contributed by atoms with Gasteiger partial charge in [-0.3, -0.25) is 4.90 Å². The van der Waals surface area contributed by atoms with E-state index in [0.717, 1.165) is 32.7 Å². The van der Waals surface area contributed by atoms with Crippen molar-refractivity contribution in [1.82, 2.24) is 15.1 Å². The van der Waals surface area contributed by atoms with Crippen molar-refractivity contribution in [2.24, 2.45) is 0 Å². The van der Waals surface area contributed by atoms with Crippen LogP contribution in [0.15, 0.2) is 18.2 Å². The molecule has 1 aliphatic rings. The van der Waals surface area contributed by atoms with Crippen LogP contribution in [0.3, 0.4) is 0 Å². The number of nitrogens with one attached hydrogen (secondary N) is 1. The highest BCUT2D eigenvalue weighted by molar-refractivity contribution is 5.33. The Morgan fingerprint density at radius 2 is 1.95 bits per heavy atom. The molecule has 0 aliphatic carbocycles. The molecule has 0 saturated carbocycles. The van der Waals surface area contributed by atoms with Gasteiger partial charge in [0.05, 0.1) is 0 Å². The van der Waals surface area contributed by atoms with E-state index in [0.29, 0.717) is 0 Å². The van der Waals surface area contributed by atoms with E-state index in [9.17, 15) is 0 Å². The molecule has 112 valence electrons. The predicted molar refractivity (Wildman–Crippen MR) is 86.0 cm³/mol. The average molecular weight is 275 g/mol. The summed E-state index contributed by atoms with van der Waals surface area (Å²) in [6, 6.07) is 7.06. The largest absolute Gasteiger partial charge is 0.312 e. The summed E-state index contributed by atoms with van der Waals surface area (Å²) in [7, 11) is 4.30. The van der Waals surface area contributed by atoms with Crippen molar-refractivity contribution in [2.75, 3.05) is 40.3 Å². The van der Waals surface area contributed by atoms with E-state index in [1.165, 1.54) is 36.1 Å². The fraction of sp³-hybridized carbons (Fsp3) is 0.647. The molecule has 20 heavy (non-hydrogen) atoms. The maximum Gasteiger partial charge on any atom is 0.0234 e. The monoisotopic (exact) mass is 275 g/mol. The number of hydrogen-bond donors (Lipinski definition) is 1. The summed E-state index contributed by atoms with van der Waals surface area (Å²) < 4.78 is 0. The Kier molecular flexibility index (Phi) is 6.02. The molecule has 3 heteroatoms. The van der Waals surface area contributed by atoms with Crippen LogP contribution >= 0.6 is 0 Å². The van der Waals surface area contributed by atoms with Crippen LogP contribution in [0.4, 0.5) is 0 Å². The second kappa shape index (κ2) is 7.77. The molecule has 1 aromatic rings. The molecule has 0 radical (unpaired) electrons. The summed E-state index contributed by atoms with van der Waals surface area (Å²) in [5, 5.41) is 3.47. The van der Waals surface area contributed by atoms with Crippen molar-refractivity contribution in [3.8, 4) is 0 Å². The summed E-state index contributed by atoms with van der Waals surface area (Å²) in [4.78, 5) is 4.83. The molecule has 0 bridgehead atoms. The highest BCUT2D eigenvalue weighted by atomic mass is 15.2. The third-order valence-corrected chi connectivity index (χ3v) is 3.97. The third kappa shape index (κ3) is 4.58. The fourth-order valence-corrected chi connectivity index (χ4v) is 2.82. The van der Waals surface area contributed by atoms with Crippen LogP contribution in [0.25, 0.3) is 0 Å². The Morgan fingerprint density at radius 1 is 1.10 bits per heavy atom. The van der Waals surface area contributed by atoms with Gasteiger partial charge >= 0.3 is 0 Å². The van der Waals surface area contributed by atoms with E-state index in [2.05, 4.69) is 54.3 Å². The second-order valence-electron chi connectivity index (χ2n) is 6.11. The number of nitrogens with zero attached hydrogens (tertiary/aromatic N) is 2. The minimum Gasteiger partial charge on any atom is -0.312 e. The predicted octanol–water partition coefficient (Wildman–Crippen LogP) is 2.11. The first-order valence-corrected chi connectivity index (χ1v) is 7.87. The van der Waals surface area contributed by atoms with E-state index in [1.54, 1.807) is 0 Å². The summed E-state index contributed by atoms with van der Waals surface area (Å²) in [5.74, 6) is 0. The van der Waals surface area contributed by atoms with Gasteiger partial charge in [0.2, 0.25) is 0 Å². The fourth-order valence-electron chi connectivity index (χ4n) is 2.82. The van der Waals surface area contributed by atoms with Gasteiger partial charge in [0.25, 0.3) is 0 Å². The van der Waals surface area contributed by atoms with Gasteiger partial charge in [0.1, 0.15) is 0 Å². The molecule has 1 N–H and O–H groups in total. The third-order valence-electron chi connectivity index (χ3n) is 3.97. The lowest BCUT2D eigenvalue weighted by atomic mass is 9.98. The maximum absolute atomic E-state index is 3.47. The van der Waals surface area contributed by atoms with Gasteiger partial charge in [-0.25, -0.2) is 0 Å². The number of rotatable bonds is 7. The molecular formula is C17H29N3. The molecule has 0 spiro atoms. The highest BCUT2D eigenvalue weighted by Gasteiger charge is 2.11. The molecule has 2 rings (SSSR count). The summed E-state index contributed by atoms with van der Waals surface area (Å²) >= 11 is 0. The molecule has 0 aromatic heterocycles. The molecule has 0 atom stereocenters. The number of likely N-dealkylation sites (N-methyl/N-ethyl adjacent to an activating group) is 1. The zero-order valence-electron chi connectivity index (χ0n) is 13.3. The van der Waals surface area contributed by atoms with Crippen LogP contribution in [0.1, 0.15) is 30.0 Å². The summed E-state index contributed by atoms with van der Waals surface area (Å²) in [5.41, 5.74) is 4.49. The Labute approximate surface area is 124 Å². The lowest BCUT2D eigenvalue weighted by Gasteiger charge is -2.25. The van der Waals surface area contributed by atoms with Gasteiger partial charge < -0.3 is 10.2 Å². The van der Waals surface area contributed by atoms with Crippen LogP contribution in [0.2, 0.25) is 0 Å². The molecule has 1 aromatic carbocycles. The SMILES string of the molecule is CCCN(CCN(C)C)Cc1ccc2c(c1)CNCC2. The quantitative estimate of drug-likeness (QED) is 0.822. The lowest BCUT2D eigenvalue weighted by molar-refractivity contribution is 0.234. The van der Waals surface area contributed by atoms with Crippen LogP contribution in [-0.2, 0) is 19.5 Å². The first-order chi connectivity index (χ1) is 9.69. The van der Waals surface area contributed by atoms with E-state index in [-0.39, 0.29) is 0 Å². The molecular weight excluding hydrogens is 246 g/mol. The normalized spacial score (nSPS) is 14.8. The minimum absolute atomic E-state index is 1.04. The molecule has 1 heterocycles. The zero-order chi connectivity index (χ0) is 14.4. The minimum atomic E-state index is 1.04. The van der Waals surface area contributed by atoms with Crippen molar-refractivity contribution >= 4 is 0 Å². The Morgan fingerprint density at radius 3 is 2.70 bits per heavy atom. The first kappa shape index (κ1) is 15.5. The van der Waals surface area contributed by atoms with Gasteiger partial charge in [-0.1, -0.05) is 25.1 Å². The van der Waals surface area contributed by atoms with E-state index < -0.39 is 0 Å². The second-order valence-corrected chi connectivity index (χ2v) is 6.11. The van der Waals surface area contributed by atoms with Gasteiger partial charge in [0.15, 0.2) is 0 Å². The Bertz CT molecular complexity index is 415. The maximum atomic E-state index is 3.47. The number of hydrogen-bond acceptors (Lipinski definition) is 3. The van der Waals surface area contributed by atoms with Gasteiger partial charge in [-0.2, -0.15) is 0 Å². The molecule has 0 amide bonds. The number of benzene rings is 1. The Balaban J connectivity index is 1.98. The standard InChI is InChI=1S/C17H29N3/c1-4-9-20(11-10-19(2)3)14-15-5-6-16-7-8-18-13-17(16)12-15/h5-6,12,18H,4,7-11,13-14H2,1-3H3. The molecule has 0 unspecified atom stereocenters. The van der Waals surface area contributed by atoms with Crippen LogP contribution in [-0.4, -0.2) is 50.1 Å². The zero-order valence-corrected chi connectivity index (χ0v) is 13.3. The van der Waals surface area contributed by atoms with E-state index >= 15 is 0 Å². The molecule has 0 fully saturated rings.